The summed E-state index contributed by atoms with van der Waals surface area (Å²) in [5.74, 6) is 0.701. The molecule has 5 rings (SSSR count). The number of hydrogen-bond donors (Lipinski definition) is 3. The molecule has 0 radical (unpaired) electrons. The highest BCUT2D eigenvalue weighted by Crippen LogP contribution is 2.34. The summed E-state index contributed by atoms with van der Waals surface area (Å²) < 4.78 is 13.2. The summed E-state index contributed by atoms with van der Waals surface area (Å²) in [5, 5.41) is 24.3. The molecule has 9 nitrogen and oxygen atoms in total. The van der Waals surface area contributed by atoms with E-state index in [0.29, 0.717) is 23.0 Å². The van der Waals surface area contributed by atoms with E-state index in [2.05, 4.69) is 20.3 Å². The van der Waals surface area contributed by atoms with Crippen LogP contribution in [0.1, 0.15) is 44.8 Å². The van der Waals surface area contributed by atoms with Crippen LogP contribution >= 0.6 is 0 Å². The molecule has 2 unspecified atom stereocenters. The standard InChI is InChI=1S/C18H25N5O4/c24-14-12(7-26-11-5-6-11)27-18(15(14)25)23-9-21-13-16(19-8-20-17(13)23)22-10-3-1-2-4-10/h8-12,14-15,18,24-25H,1-7H2,(H,19,20,22)/t12-,14?,15?,18-/m1/s1. The average Bonchev–Trinajstić information content (AvgIpc) is 3.06. The van der Waals surface area contributed by atoms with Crippen LogP contribution in [0.3, 0.4) is 0 Å². The first-order chi connectivity index (χ1) is 13.2. The van der Waals surface area contributed by atoms with Gasteiger partial charge in [-0.25, -0.2) is 15.0 Å². The van der Waals surface area contributed by atoms with Gasteiger partial charge < -0.3 is 25.0 Å². The SMILES string of the molecule is OC1C(O)[C@@H](COC2CC2)O[C@H]1n1cnc2c(NC3CCCC3)ncnc21. The second kappa shape index (κ2) is 6.97. The van der Waals surface area contributed by atoms with Crippen molar-refractivity contribution in [2.45, 2.75) is 75.2 Å². The molecule has 0 aromatic carbocycles. The lowest BCUT2D eigenvalue weighted by atomic mass is 10.1. The first kappa shape index (κ1) is 17.3. The van der Waals surface area contributed by atoms with Gasteiger partial charge in [0, 0.05) is 6.04 Å². The van der Waals surface area contributed by atoms with Gasteiger partial charge in [-0.05, 0) is 25.7 Å². The van der Waals surface area contributed by atoms with Crippen molar-refractivity contribution < 1.29 is 19.7 Å². The molecule has 2 aliphatic carbocycles. The van der Waals surface area contributed by atoms with Gasteiger partial charge in [0.25, 0.3) is 0 Å². The predicted molar refractivity (Wildman–Crippen MR) is 96.1 cm³/mol. The second-order valence-electron chi connectivity index (χ2n) is 7.75. The van der Waals surface area contributed by atoms with Crippen molar-refractivity contribution >= 4 is 17.0 Å². The highest BCUT2D eigenvalue weighted by Gasteiger charge is 2.45. The molecular weight excluding hydrogens is 350 g/mol. The summed E-state index contributed by atoms with van der Waals surface area (Å²) in [4.78, 5) is 13.1. The third-order valence-electron chi connectivity index (χ3n) is 5.69. The first-order valence-electron chi connectivity index (χ1n) is 9.78. The molecule has 3 aliphatic rings. The molecular formula is C18H25N5O4. The van der Waals surface area contributed by atoms with Crippen molar-refractivity contribution in [3.05, 3.63) is 12.7 Å². The van der Waals surface area contributed by atoms with Crippen LogP contribution in [0.15, 0.2) is 12.7 Å². The zero-order valence-electron chi connectivity index (χ0n) is 15.1. The van der Waals surface area contributed by atoms with Crippen molar-refractivity contribution in [1.82, 2.24) is 19.5 Å². The molecule has 0 bridgehead atoms. The maximum absolute atomic E-state index is 10.5. The normalized spacial score (nSPS) is 31.8. The van der Waals surface area contributed by atoms with Crippen molar-refractivity contribution in [2.24, 2.45) is 0 Å². The molecule has 2 aromatic heterocycles. The van der Waals surface area contributed by atoms with E-state index in [1.807, 2.05) is 0 Å². The van der Waals surface area contributed by atoms with E-state index in [1.165, 1.54) is 19.2 Å². The zero-order chi connectivity index (χ0) is 18.4. The minimum atomic E-state index is -1.07. The molecule has 0 spiro atoms. The number of rotatable bonds is 6. The van der Waals surface area contributed by atoms with E-state index in [4.69, 9.17) is 9.47 Å². The first-order valence-corrected chi connectivity index (χ1v) is 9.78. The average molecular weight is 375 g/mol. The molecule has 9 heteroatoms. The number of fused-ring (bicyclic) bond motifs is 1. The fourth-order valence-corrected chi connectivity index (χ4v) is 3.97. The monoisotopic (exact) mass is 375 g/mol. The van der Waals surface area contributed by atoms with Gasteiger partial charge in [-0.1, -0.05) is 12.8 Å². The fraction of sp³-hybridized carbons (Fsp3) is 0.722. The topological polar surface area (TPSA) is 115 Å². The quantitative estimate of drug-likeness (QED) is 0.684. The van der Waals surface area contributed by atoms with E-state index >= 15 is 0 Å². The highest BCUT2D eigenvalue weighted by atomic mass is 16.6. The Morgan fingerprint density at radius 1 is 1.11 bits per heavy atom. The second-order valence-corrected chi connectivity index (χ2v) is 7.75. The van der Waals surface area contributed by atoms with Crippen molar-refractivity contribution in [1.29, 1.82) is 0 Å². The Morgan fingerprint density at radius 2 is 1.93 bits per heavy atom. The third-order valence-corrected chi connectivity index (χ3v) is 5.69. The Hall–Kier alpha value is -1.81. The van der Waals surface area contributed by atoms with Crippen molar-refractivity contribution in [3.63, 3.8) is 0 Å². The summed E-state index contributed by atoms with van der Waals surface area (Å²) in [7, 11) is 0. The lowest BCUT2D eigenvalue weighted by Gasteiger charge is -2.17. The van der Waals surface area contributed by atoms with Gasteiger partial charge in [0.15, 0.2) is 23.2 Å². The zero-order valence-corrected chi connectivity index (χ0v) is 15.1. The van der Waals surface area contributed by atoms with Crippen LogP contribution in [0.5, 0.6) is 0 Å². The van der Waals surface area contributed by atoms with Crippen LogP contribution in [-0.2, 0) is 9.47 Å². The van der Waals surface area contributed by atoms with Crippen molar-refractivity contribution in [2.75, 3.05) is 11.9 Å². The van der Waals surface area contributed by atoms with Crippen LogP contribution in [0.2, 0.25) is 0 Å². The number of aliphatic hydroxyl groups is 2. The molecule has 3 fully saturated rings. The van der Waals surface area contributed by atoms with Gasteiger partial charge in [0.1, 0.15) is 24.6 Å². The van der Waals surface area contributed by atoms with Crippen LogP contribution in [0, 0.1) is 0 Å². The van der Waals surface area contributed by atoms with E-state index in [9.17, 15) is 10.2 Å². The maximum Gasteiger partial charge on any atom is 0.167 e. The number of imidazole rings is 1. The number of anilines is 1. The number of aliphatic hydroxyl groups excluding tert-OH is 2. The van der Waals surface area contributed by atoms with Crippen LogP contribution in [0.25, 0.3) is 11.2 Å². The minimum absolute atomic E-state index is 0.267. The van der Waals surface area contributed by atoms with Gasteiger partial charge in [0.05, 0.1) is 19.0 Å². The Labute approximate surface area is 156 Å². The number of nitrogens with one attached hydrogen (secondary N) is 1. The lowest BCUT2D eigenvalue weighted by Crippen LogP contribution is -2.34. The van der Waals surface area contributed by atoms with Gasteiger partial charge in [0.2, 0.25) is 0 Å². The van der Waals surface area contributed by atoms with Crippen molar-refractivity contribution in [3.8, 4) is 0 Å². The number of hydrogen-bond acceptors (Lipinski definition) is 8. The summed E-state index contributed by atoms with van der Waals surface area (Å²) >= 11 is 0. The Bertz CT molecular complexity index is 804. The predicted octanol–water partition coefficient (Wildman–Crippen LogP) is 0.979. The lowest BCUT2D eigenvalue weighted by molar-refractivity contribution is -0.0682. The minimum Gasteiger partial charge on any atom is -0.387 e. The van der Waals surface area contributed by atoms with Crippen LogP contribution in [-0.4, -0.2) is 66.8 Å². The van der Waals surface area contributed by atoms with Gasteiger partial charge in [-0.15, -0.1) is 0 Å². The Morgan fingerprint density at radius 3 is 2.70 bits per heavy atom. The Balaban J connectivity index is 1.37. The molecule has 4 atom stereocenters. The van der Waals surface area contributed by atoms with E-state index in [-0.39, 0.29) is 12.7 Å². The molecule has 3 N–H and O–H groups in total. The van der Waals surface area contributed by atoms with Gasteiger partial charge >= 0.3 is 0 Å². The number of nitrogens with zero attached hydrogens (tertiary/aromatic N) is 4. The molecule has 3 heterocycles. The number of aromatic nitrogens is 4. The van der Waals surface area contributed by atoms with Crippen LogP contribution in [0.4, 0.5) is 5.82 Å². The fourth-order valence-electron chi connectivity index (χ4n) is 3.97. The summed E-state index contributed by atoms with van der Waals surface area (Å²) in [6.45, 7) is 0.273. The highest BCUT2D eigenvalue weighted by molar-refractivity contribution is 5.82. The molecule has 27 heavy (non-hydrogen) atoms. The summed E-state index contributed by atoms with van der Waals surface area (Å²) in [5.41, 5.74) is 1.22. The molecule has 146 valence electrons. The van der Waals surface area contributed by atoms with E-state index in [1.54, 1.807) is 10.9 Å². The molecule has 0 amide bonds. The van der Waals surface area contributed by atoms with E-state index < -0.39 is 24.5 Å². The molecule has 2 aromatic rings. The molecule has 1 aliphatic heterocycles. The third kappa shape index (κ3) is 3.29. The van der Waals surface area contributed by atoms with Crippen LogP contribution < -0.4 is 5.32 Å². The largest absolute Gasteiger partial charge is 0.387 e. The number of ether oxygens (including phenoxy) is 2. The molecule has 1 saturated heterocycles. The Kier molecular flexibility index (Phi) is 4.47. The maximum atomic E-state index is 10.5. The summed E-state index contributed by atoms with van der Waals surface area (Å²) in [6, 6.07) is 0.410. The van der Waals surface area contributed by atoms with E-state index in [0.717, 1.165) is 25.7 Å². The van der Waals surface area contributed by atoms with Gasteiger partial charge in [-0.2, -0.15) is 0 Å². The summed E-state index contributed by atoms with van der Waals surface area (Å²) in [6.07, 6.45) is 6.75. The molecule has 2 saturated carbocycles. The smallest absolute Gasteiger partial charge is 0.167 e. The van der Waals surface area contributed by atoms with Gasteiger partial charge in [-0.3, -0.25) is 4.57 Å².